The lowest BCUT2D eigenvalue weighted by atomic mass is 10.2. The number of nitrogens with zero attached hydrogens (tertiary/aromatic N) is 1. The van der Waals surface area contributed by atoms with Gasteiger partial charge in [0.05, 0.1) is 5.56 Å². The number of amides is 2. The van der Waals surface area contributed by atoms with Crippen LogP contribution in [0.3, 0.4) is 0 Å². The second-order valence-electron chi connectivity index (χ2n) is 4.84. The van der Waals surface area contributed by atoms with Crippen molar-refractivity contribution in [1.29, 1.82) is 0 Å². The van der Waals surface area contributed by atoms with E-state index in [9.17, 15) is 9.59 Å². The Bertz CT molecular complexity index is 474. The molecule has 1 aromatic rings. The Balaban J connectivity index is 2.43. The molecule has 0 unspecified atom stereocenters. The van der Waals surface area contributed by atoms with Gasteiger partial charge < -0.3 is 20.6 Å². The van der Waals surface area contributed by atoms with E-state index in [0.717, 1.165) is 6.54 Å². The zero-order chi connectivity index (χ0) is 15.1. The molecule has 1 aromatic carbocycles. The van der Waals surface area contributed by atoms with E-state index >= 15 is 0 Å². The van der Waals surface area contributed by atoms with E-state index in [-0.39, 0.29) is 11.6 Å². The third-order valence-corrected chi connectivity index (χ3v) is 3.00. The zero-order valence-electron chi connectivity index (χ0n) is 12.0. The number of carboxylic acid groups (broad SMARTS) is 1. The summed E-state index contributed by atoms with van der Waals surface area (Å²) < 4.78 is 0. The highest BCUT2D eigenvalue weighted by Crippen LogP contribution is 2.10. The molecule has 0 spiro atoms. The van der Waals surface area contributed by atoms with Crippen molar-refractivity contribution in [3.05, 3.63) is 29.8 Å². The van der Waals surface area contributed by atoms with Crippen LogP contribution >= 0.6 is 0 Å². The number of anilines is 1. The summed E-state index contributed by atoms with van der Waals surface area (Å²) in [5.41, 5.74) is 0.599. The van der Waals surface area contributed by atoms with Crippen molar-refractivity contribution >= 4 is 17.7 Å². The van der Waals surface area contributed by atoms with Crippen LogP contribution in [0.25, 0.3) is 0 Å². The average Bonchev–Trinajstić information content (AvgIpc) is 2.38. The van der Waals surface area contributed by atoms with Crippen molar-refractivity contribution < 1.29 is 14.7 Å². The number of carbonyl (C=O) groups is 2. The van der Waals surface area contributed by atoms with Gasteiger partial charge in [-0.2, -0.15) is 0 Å². The molecule has 0 saturated carbocycles. The van der Waals surface area contributed by atoms with Gasteiger partial charge in [0.1, 0.15) is 0 Å². The highest BCUT2D eigenvalue weighted by Gasteiger charge is 2.07. The fraction of sp³-hybridized carbons (Fsp3) is 0.429. The van der Waals surface area contributed by atoms with E-state index in [4.69, 9.17) is 5.11 Å². The molecule has 0 aliphatic rings. The molecule has 0 aliphatic heterocycles. The summed E-state index contributed by atoms with van der Waals surface area (Å²) in [4.78, 5) is 24.6. The summed E-state index contributed by atoms with van der Waals surface area (Å²) in [6.45, 7) is 5.44. The second-order valence-corrected chi connectivity index (χ2v) is 4.84. The first-order valence-corrected chi connectivity index (χ1v) is 6.48. The van der Waals surface area contributed by atoms with Crippen molar-refractivity contribution in [2.45, 2.75) is 19.9 Å². The molecule has 6 nitrogen and oxygen atoms in total. The van der Waals surface area contributed by atoms with Gasteiger partial charge in [-0.3, -0.25) is 0 Å². The third-order valence-electron chi connectivity index (χ3n) is 3.00. The van der Waals surface area contributed by atoms with E-state index in [0.29, 0.717) is 18.3 Å². The van der Waals surface area contributed by atoms with Crippen molar-refractivity contribution in [1.82, 2.24) is 10.2 Å². The minimum Gasteiger partial charge on any atom is -0.478 e. The van der Waals surface area contributed by atoms with Crippen LogP contribution in [0, 0.1) is 0 Å². The molecule has 0 bridgehead atoms. The Morgan fingerprint density at radius 1 is 1.35 bits per heavy atom. The van der Waals surface area contributed by atoms with E-state index in [2.05, 4.69) is 29.4 Å². The number of aromatic carboxylic acids is 1. The number of carbonyl (C=O) groups excluding carboxylic acids is 1. The predicted molar refractivity (Wildman–Crippen MR) is 78.2 cm³/mol. The minimum atomic E-state index is -1.02. The number of urea groups is 1. The maximum atomic E-state index is 11.7. The van der Waals surface area contributed by atoms with E-state index < -0.39 is 5.97 Å². The molecule has 0 fully saturated rings. The standard InChI is InChI=1S/C14H21N3O3/c1-10(2)17(3)8-7-15-14(20)16-12-6-4-5-11(9-12)13(18)19/h4-6,9-10H,7-8H2,1-3H3,(H,18,19)(H2,15,16,20). The number of hydrogen-bond donors (Lipinski definition) is 3. The van der Waals surface area contributed by atoms with Gasteiger partial charge >= 0.3 is 12.0 Å². The average molecular weight is 279 g/mol. The zero-order valence-corrected chi connectivity index (χ0v) is 12.0. The van der Waals surface area contributed by atoms with E-state index in [1.807, 2.05) is 7.05 Å². The lowest BCUT2D eigenvalue weighted by molar-refractivity contribution is 0.0697. The van der Waals surface area contributed by atoms with Crippen molar-refractivity contribution in [2.24, 2.45) is 0 Å². The molecule has 0 saturated heterocycles. The highest BCUT2D eigenvalue weighted by atomic mass is 16.4. The number of rotatable bonds is 6. The molecular formula is C14H21N3O3. The number of likely N-dealkylation sites (N-methyl/N-ethyl adjacent to an activating group) is 1. The number of benzene rings is 1. The second kappa shape index (κ2) is 7.49. The molecule has 6 heteroatoms. The molecular weight excluding hydrogens is 258 g/mol. The van der Waals surface area contributed by atoms with Gasteiger partial charge in [0.25, 0.3) is 0 Å². The molecule has 1 rings (SSSR count). The quantitative estimate of drug-likeness (QED) is 0.742. The first kappa shape index (κ1) is 16.0. The van der Waals surface area contributed by atoms with Gasteiger partial charge in [-0.05, 0) is 39.1 Å². The summed E-state index contributed by atoms with van der Waals surface area (Å²) in [5.74, 6) is -1.02. The molecule has 0 aliphatic carbocycles. The maximum absolute atomic E-state index is 11.7. The van der Waals surface area contributed by atoms with Crippen LogP contribution in [-0.4, -0.2) is 48.2 Å². The van der Waals surface area contributed by atoms with Gasteiger partial charge in [-0.15, -0.1) is 0 Å². The van der Waals surface area contributed by atoms with E-state index in [1.165, 1.54) is 12.1 Å². The Morgan fingerprint density at radius 3 is 2.65 bits per heavy atom. The molecule has 0 radical (unpaired) electrons. The fourth-order valence-electron chi connectivity index (χ4n) is 1.51. The largest absolute Gasteiger partial charge is 0.478 e. The summed E-state index contributed by atoms with van der Waals surface area (Å²) in [6.07, 6.45) is 0. The van der Waals surface area contributed by atoms with Crippen LogP contribution in [0.1, 0.15) is 24.2 Å². The SMILES string of the molecule is CC(C)N(C)CCNC(=O)Nc1cccc(C(=O)O)c1. The van der Waals surface area contributed by atoms with Gasteiger partial charge in [0.2, 0.25) is 0 Å². The summed E-state index contributed by atoms with van der Waals surface area (Å²) in [7, 11) is 1.99. The van der Waals surface area contributed by atoms with Gasteiger partial charge in [0.15, 0.2) is 0 Å². The number of hydrogen-bond acceptors (Lipinski definition) is 3. The van der Waals surface area contributed by atoms with Crippen molar-refractivity contribution in [3.63, 3.8) is 0 Å². The molecule has 2 amide bonds. The van der Waals surface area contributed by atoms with Gasteiger partial charge in [-0.1, -0.05) is 6.07 Å². The normalized spacial score (nSPS) is 10.7. The molecule has 20 heavy (non-hydrogen) atoms. The van der Waals surface area contributed by atoms with E-state index in [1.54, 1.807) is 12.1 Å². The molecule has 0 heterocycles. The topological polar surface area (TPSA) is 81.7 Å². The van der Waals surface area contributed by atoms with Crippen molar-refractivity contribution in [2.75, 3.05) is 25.5 Å². The van der Waals surface area contributed by atoms with Crippen LogP contribution in [-0.2, 0) is 0 Å². The van der Waals surface area contributed by atoms with Crippen LogP contribution < -0.4 is 10.6 Å². The van der Waals surface area contributed by atoms with Crippen LogP contribution in [0.2, 0.25) is 0 Å². The van der Waals surface area contributed by atoms with Crippen LogP contribution in [0.4, 0.5) is 10.5 Å². The Kier molecular flexibility index (Phi) is 5.99. The molecule has 0 atom stereocenters. The van der Waals surface area contributed by atoms with Gasteiger partial charge in [-0.25, -0.2) is 9.59 Å². The lowest BCUT2D eigenvalue weighted by Gasteiger charge is -2.20. The Hall–Kier alpha value is -2.08. The number of carboxylic acids is 1. The Morgan fingerprint density at radius 2 is 2.05 bits per heavy atom. The monoisotopic (exact) mass is 279 g/mol. The highest BCUT2D eigenvalue weighted by molar-refractivity contribution is 5.93. The summed E-state index contributed by atoms with van der Waals surface area (Å²) in [5, 5.41) is 14.2. The fourth-order valence-corrected chi connectivity index (χ4v) is 1.51. The smallest absolute Gasteiger partial charge is 0.335 e. The first-order chi connectivity index (χ1) is 9.40. The van der Waals surface area contributed by atoms with Crippen molar-refractivity contribution in [3.8, 4) is 0 Å². The molecule has 0 aromatic heterocycles. The summed E-state index contributed by atoms with van der Waals surface area (Å²) >= 11 is 0. The third kappa shape index (κ3) is 5.27. The Labute approximate surface area is 118 Å². The predicted octanol–water partition coefficient (Wildman–Crippen LogP) is 1.85. The van der Waals surface area contributed by atoms with Gasteiger partial charge in [0, 0.05) is 24.8 Å². The molecule has 3 N–H and O–H groups in total. The summed E-state index contributed by atoms with van der Waals surface area (Å²) in [6, 6.07) is 6.21. The maximum Gasteiger partial charge on any atom is 0.335 e. The van der Waals surface area contributed by atoms with Crippen LogP contribution in [0.15, 0.2) is 24.3 Å². The minimum absolute atomic E-state index is 0.141. The molecule has 110 valence electrons. The van der Waals surface area contributed by atoms with Crippen LogP contribution in [0.5, 0.6) is 0 Å². The number of nitrogens with one attached hydrogen (secondary N) is 2. The first-order valence-electron chi connectivity index (χ1n) is 6.48. The lowest BCUT2D eigenvalue weighted by Crippen LogP contribution is -2.37.